The second-order valence-corrected chi connectivity index (χ2v) is 3.33. The molecule has 1 rings (SSSR count). The number of methoxy groups -OCH3 is 1. The van der Waals surface area contributed by atoms with Gasteiger partial charge in [-0.1, -0.05) is 19.4 Å². The zero-order chi connectivity index (χ0) is 10.6. The van der Waals surface area contributed by atoms with Crippen molar-refractivity contribution in [3.05, 3.63) is 23.8 Å². The molecule has 0 heterocycles. The van der Waals surface area contributed by atoms with Gasteiger partial charge in [-0.3, -0.25) is 0 Å². The van der Waals surface area contributed by atoms with E-state index < -0.39 is 0 Å². The van der Waals surface area contributed by atoms with Crippen LogP contribution in [-0.2, 0) is 0 Å². The van der Waals surface area contributed by atoms with Crippen LogP contribution in [0.25, 0.3) is 0 Å². The first kappa shape index (κ1) is 14.1. The summed E-state index contributed by atoms with van der Waals surface area (Å²) in [6.45, 7) is 2.09. The first-order valence-electron chi connectivity index (χ1n) is 4.81. The van der Waals surface area contributed by atoms with Crippen molar-refractivity contribution < 1.29 is 9.84 Å². The van der Waals surface area contributed by atoms with Gasteiger partial charge in [0.15, 0.2) is 11.5 Å². The molecule has 0 radical (unpaired) electrons. The van der Waals surface area contributed by atoms with Crippen molar-refractivity contribution in [3.8, 4) is 11.5 Å². The van der Waals surface area contributed by atoms with Gasteiger partial charge in [-0.05, 0) is 24.1 Å². The van der Waals surface area contributed by atoms with Gasteiger partial charge < -0.3 is 15.6 Å². The molecule has 3 nitrogen and oxygen atoms in total. The standard InChI is InChI=1S/C11H17NO2.ClH/c1-3-4-9(12)8-5-6-11(14-2)10(13)7-8;/h5-7,9,13H,3-4,12H2,1-2H3;1H/t9-;/m0./s1. The quantitative estimate of drug-likeness (QED) is 0.838. The highest BCUT2D eigenvalue weighted by molar-refractivity contribution is 5.85. The molecule has 0 unspecified atom stereocenters. The third-order valence-corrected chi connectivity index (χ3v) is 2.23. The Bertz CT molecular complexity index is 305. The van der Waals surface area contributed by atoms with Gasteiger partial charge in [0.05, 0.1) is 7.11 Å². The van der Waals surface area contributed by atoms with E-state index in [2.05, 4.69) is 6.92 Å². The normalized spacial score (nSPS) is 11.7. The summed E-state index contributed by atoms with van der Waals surface area (Å²) in [6, 6.07) is 5.29. The summed E-state index contributed by atoms with van der Waals surface area (Å²) < 4.78 is 4.95. The Balaban J connectivity index is 0.00000196. The summed E-state index contributed by atoms with van der Waals surface area (Å²) in [5.41, 5.74) is 6.86. The molecule has 0 aliphatic carbocycles. The van der Waals surface area contributed by atoms with E-state index in [1.54, 1.807) is 12.1 Å². The number of phenolic OH excluding ortho intramolecular Hbond substituents is 1. The van der Waals surface area contributed by atoms with E-state index in [-0.39, 0.29) is 24.2 Å². The van der Waals surface area contributed by atoms with Crippen LogP contribution < -0.4 is 10.5 Å². The first-order chi connectivity index (χ1) is 6.69. The summed E-state index contributed by atoms with van der Waals surface area (Å²) in [4.78, 5) is 0. The third kappa shape index (κ3) is 3.61. The minimum absolute atomic E-state index is 0. The highest BCUT2D eigenvalue weighted by Crippen LogP contribution is 2.29. The maximum atomic E-state index is 9.53. The molecule has 86 valence electrons. The Hall–Kier alpha value is -0.930. The predicted octanol–water partition coefficient (Wildman–Crippen LogP) is 2.62. The van der Waals surface area contributed by atoms with Crippen LogP contribution in [-0.4, -0.2) is 12.2 Å². The Morgan fingerprint density at radius 3 is 2.60 bits per heavy atom. The monoisotopic (exact) mass is 231 g/mol. The lowest BCUT2D eigenvalue weighted by atomic mass is 10.0. The molecule has 4 heteroatoms. The number of halogens is 1. The number of aromatic hydroxyl groups is 1. The zero-order valence-electron chi connectivity index (χ0n) is 9.06. The van der Waals surface area contributed by atoms with Crippen molar-refractivity contribution >= 4 is 12.4 Å². The average molecular weight is 232 g/mol. The Kier molecular flexibility index (Phi) is 6.13. The molecule has 0 amide bonds. The third-order valence-electron chi connectivity index (χ3n) is 2.23. The summed E-state index contributed by atoms with van der Waals surface area (Å²) >= 11 is 0. The van der Waals surface area contributed by atoms with Crippen molar-refractivity contribution in [3.63, 3.8) is 0 Å². The van der Waals surface area contributed by atoms with E-state index in [0.29, 0.717) is 5.75 Å². The number of nitrogens with two attached hydrogens (primary N) is 1. The number of rotatable bonds is 4. The minimum Gasteiger partial charge on any atom is -0.504 e. The van der Waals surface area contributed by atoms with Gasteiger partial charge in [0, 0.05) is 6.04 Å². The molecule has 0 aromatic heterocycles. The molecule has 0 spiro atoms. The van der Waals surface area contributed by atoms with Gasteiger partial charge in [0.25, 0.3) is 0 Å². The topological polar surface area (TPSA) is 55.5 Å². The van der Waals surface area contributed by atoms with Crippen LogP contribution in [0.1, 0.15) is 31.4 Å². The lowest BCUT2D eigenvalue weighted by molar-refractivity contribution is 0.372. The van der Waals surface area contributed by atoms with Crippen molar-refractivity contribution in [2.75, 3.05) is 7.11 Å². The van der Waals surface area contributed by atoms with Gasteiger partial charge in [0.2, 0.25) is 0 Å². The van der Waals surface area contributed by atoms with Crippen LogP contribution in [0.3, 0.4) is 0 Å². The second-order valence-electron chi connectivity index (χ2n) is 3.33. The number of ether oxygens (including phenoxy) is 1. The van der Waals surface area contributed by atoms with Gasteiger partial charge in [0.1, 0.15) is 0 Å². The van der Waals surface area contributed by atoms with Crippen molar-refractivity contribution in [2.45, 2.75) is 25.8 Å². The Morgan fingerprint density at radius 2 is 2.13 bits per heavy atom. The molecule has 0 aliphatic rings. The number of hydrogen-bond donors (Lipinski definition) is 2. The molecular weight excluding hydrogens is 214 g/mol. The van der Waals surface area contributed by atoms with E-state index in [1.165, 1.54) is 7.11 Å². The SMILES string of the molecule is CCC[C@H](N)c1ccc(OC)c(O)c1.Cl. The van der Waals surface area contributed by atoms with Crippen LogP contribution in [0, 0.1) is 0 Å². The Morgan fingerprint density at radius 1 is 1.47 bits per heavy atom. The molecule has 1 aromatic carbocycles. The molecular formula is C11H18ClNO2. The van der Waals surface area contributed by atoms with Crippen LogP contribution in [0.15, 0.2) is 18.2 Å². The summed E-state index contributed by atoms with van der Waals surface area (Å²) in [7, 11) is 1.53. The molecule has 0 saturated carbocycles. The van der Waals surface area contributed by atoms with Gasteiger partial charge in [-0.2, -0.15) is 0 Å². The van der Waals surface area contributed by atoms with Crippen molar-refractivity contribution in [1.82, 2.24) is 0 Å². The first-order valence-corrected chi connectivity index (χ1v) is 4.81. The highest BCUT2D eigenvalue weighted by atomic mass is 35.5. The number of benzene rings is 1. The van der Waals surface area contributed by atoms with E-state index in [0.717, 1.165) is 18.4 Å². The fourth-order valence-corrected chi connectivity index (χ4v) is 1.42. The molecule has 0 aliphatic heterocycles. The minimum atomic E-state index is -0.00296. The number of hydrogen-bond acceptors (Lipinski definition) is 3. The van der Waals surface area contributed by atoms with E-state index in [9.17, 15) is 5.11 Å². The fourth-order valence-electron chi connectivity index (χ4n) is 1.42. The molecule has 0 bridgehead atoms. The lowest BCUT2D eigenvalue weighted by Gasteiger charge is -2.12. The maximum absolute atomic E-state index is 9.53. The van der Waals surface area contributed by atoms with Crippen molar-refractivity contribution in [1.29, 1.82) is 0 Å². The van der Waals surface area contributed by atoms with E-state index >= 15 is 0 Å². The molecule has 15 heavy (non-hydrogen) atoms. The smallest absolute Gasteiger partial charge is 0.160 e. The van der Waals surface area contributed by atoms with Gasteiger partial charge >= 0.3 is 0 Å². The lowest BCUT2D eigenvalue weighted by Crippen LogP contribution is -2.09. The molecule has 1 aromatic rings. The Labute approximate surface area is 96.7 Å². The summed E-state index contributed by atoms with van der Waals surface area (Å²) in [6.07, 6.45) is 1.96. The van der Waals surface area contributed by atoms with Crippen molar-refractivity contribution in [2.24, 2.45) is 5.73 Å². The predicted molar refractivity (Wildman–Crippen MR) is 63.7 cm³/mol. The van der Waals surface area contributed by atoms with E-state index in [4.69, 9.17) is 10.5 Å². The number of phenols is 1. The molecule has 0 saturated heterocycles. The molecule has 0 fully saturated rings. The molecule has 1 atom stereocenters. The van der Waals surface area contributed by atoms with E-state index in [1.807, 2.05) is 6.07 Å². The van der Waals surface area contributed by atoms with Crippen LogP contribution in [0.4, 0.5) is 0 Å². The summed E-state index contributed by atoms with van der Waals surface area (Å²) in [5.74, 6) is 0.633. The maximum Gasteiger partial charge on any atom is 0.160 e. The van der Waals surface area contributed by atoms with Gasteiger partial charge in [-0.15, -0.1) is 12.4 Å². The van der Waals surface area contributed by atoms with Crippen LogP contribution >= 0.6 is 12.4 Å². The van der Waals surface area contributed by atoms with Gasteiger partial charge in [-0.25, -0.2) is 0 Å². The van der Waals surface area contributed by atoms with Crippen LogP contribution in [0.5, 0.6) is 11.5 Å². The zero-order valence-corrected chi connectivity index (χ0v) is 9.88. The fraction of sp³-hybridized carbons (Fsp3) is 0.455. The van der Waals surface area contributed by atoms with Crippen LogP contribution in [0.2, 0.25) is 0 Å². The largest absolute Gasteiger partial charge is 0.504 e. The highest BCUT2D eigenvalue weighted by Gasteiger charge is 2.08. The molecule has 3 N–H and O–H groups in total. The second kappa shape index (κ2) is 6.53. The summed E-state index contributed by atoms with van der Waals surface area (Å²) in [5, 5.41) is 9.53. The average Bonchev–Trinajstić information content (AvgIpc) is 2.18.